The molecule has 3 rings (SSSR count). The SMILES string of the molecule is CCn1c(SCC(=O)OCC(=O)NNC(=O)c2cccs2)nnc1-c1ccco1. The summed E-state index contributed by atoms with van der Waals surface area (Å²) in [6, 6.07) is 6.87. The van der Waals surface area contributed by atoms with Crippen LogP contribution in [0.3, 0.4) is 0 Å². The molecule has 0 aliphatic rings. The molecule has 0 saturated heterocycles. The van der Waals surface area contributed by atoms with Crippen molar-refractivity contribution in [2.45, 2.75) is 18.6 Å². The average molecular weight is 435 g/mol. The summed E-state index contributed by atoms with van der Waals surface area (Å²) >= 11 is 2.38. The number of hydrazine groups is 1. The fourth-order valence-corrected chi connectivity index (χ4v) is 3.63. The molecule has 3 aromatic rings. The van der Waals surface area contributed by atoms with E-state index in [1.165, 1.54) is 11.3 Å². The molecule has 0 fully saturated rings. The lowest BCUT2D eigenvalue weighted by Crippen LogP contribution is -2.43. The number of ether oxygens (including phenoxy) is 1. The topological polar surface area (TPSA) is 128 Å². The van der Waals surface area contributed by atoms with Crippen LogP contribution in [0.2, 0.25) is 0 Å². The normalized spacial score (nSPS) is 10.5. The zero-order valence-corrected chi connectivity index (χ0v) is 16.9. The van der Waals surface area contributed by atoms with Gasteiger partial charge in [0.05, 0.1) is 16.9 Å². The van der Waals surface area contributed by atoms with Gasteiger partial charge in [-0.3, -0.25) is 29.8 Å². The fraction of sp³-hybridized carbons (Fsp3) is 0.235. The van der Waals surface area contributed by atoms with E-state index in [9.17, 15) is 14.4 Å². The van der Waals surface area contributed by atoms with Crippen molar-refractivity contribution >= 4 is 40.9 Å². The molecule has 29 heavy (non-hydrogen) atoms. The lowest BCUT2D eigenvalue weighted by Gasteiger charge is -2.08. The summed E-state index contributed by atoms with van der Waals surface area (Å²) in [5, 5.41) is 10.4. The average Bonchev–Trinajstić information content (AvgIpc) is 3.48. The van der Waals surface area contributed by atoms with E-state index >= 15 is 0 Å². The van der Waals surface area contributed by atoms with E-state index in [0.29, 0.717) is 28.2 Å². The van der Waals surface area contributed by atoms with Gasteiger partial charge < -0.3 is 9.15 Å². The molecule has 0 radical (unpaired) electrons. The second kappa shape index (κ2) is 9.89. The lowest BCUT2D eigenvalue weighted by molar-refractivity contribution is -0.146. The van der Waals surface area contributed by atoms with Crippen LogP contribution in [0.4, 0.5) is 0 Å². The molecule has 0 aliphatic carbocycles. The molecular formula is C17H17N5O5S2. The highest BCUT2D eigenvalue weighted by atomic mass is 32.2. The Balaban J connectivity index is 1.42. The first-order valence-corrected chi connectivity index (χ1v) is 10.3. The second-order valence-corrected chi connectivity index (χ2v) is 7.35. The summed E-state index contributed by atoms with van der Waals surface area (Å²) in [4.78, 5) is 35.7. The molecule has 0 aliphatic heterocycles. The number of hydrogen-bond acceptors (Lipinski definition) is 9. The standard InChI is InChI=1S/C17H17N5O5S2/c1-2-22-15(11-5-3-7-26-11)19-21-17(22)29-10-14(24)27-9-13(23)18-20-16(25)12-6-4-8-28-12/h3-8H,2,9-10H2,1H3,(H,18,23)(H,20,25). The summed E-state index contributed by atoms with van der Waals surface area (Å²) in [7, 11) is 0. The molecule has 2 amide bonds. The highest BCUT2D eigenvalue weighted by molar-refractivity contribution is 7.99. The van der Waals surface area contributed by atoms with Crippen molar-refractivity contribution in [3.63, 3.8) is 0 Å². The first kappa shape index (κ1) is 20.6. The number of carbonyl (C=O) groups excluding carboxylic acids is 3. The van der Waals surface area contributed by atoms with Crippen LogP contribution in [0.1, 0.15) is 16.6 Å². The summed E-state index contributed by atoms with van der Waals surface area (Å²) in [6.07, 6.45) is 1.54. The highest BCUT2D eigenvalue weighted by Gasteiger charge is 2.17. The molecule has 0 unspecified atom stereocenters. The number of amides is 2. The Kier molecular flexibility index (Phi) is 7.03. The van der Waals surface area contributed by atoms with Crippen LogP contribution < -0.4 is 10.9 Å². The van der Waals surface area contributed by atoms with Crippen molar-refractivity contribution < 1.29 is 23.5 Å². The van der Waals surface area contributed by atoms with E-state index in [-0.39, 0.29) is 5.75 Å². The quantitative estimate of drug-likeness (QED) is 0.311. The lowest BCUT2D eigenvalue weighted by atomic mass is 10.4. The van der Waals surface area contributed by atoms with E-state index in [0.717, 1.165) is 11.8 Å². The van der Waals surface area contributed by atoms with Gasteiger partial charge in [0, 0.05) is 6.54 Å². The number of nitrogens with one attached hydrogen (secondary N) is 2. The minimum absolute atomic E-state index is 0.0505. The number of nitrogens with zero attached hydrogens (tertiary/aromatic N) is 3. The van der Waals surface area contributed by atoms with Crippen molar-refractivity contribution in [3.05, 3.63) is 40.8 Å². The van der Waals surface area contributed by atoms with Gasteiger partial charge in [-0.15, -0.1) is 21.5 Å². The Labute approximate surface area is 173 Å². The van der Waals surface area contributed by atoms with Gasteiger partial charge in [-0.05, 0) is 30.5 Å². The van der Waals surface area contributed by atoms with Gasteiger partial charge in [-0.2, -0.15) is 0 Å². The zero-order valence-electron chi connectivity index (χ0n) is 15.3. The minimum Gasteiger partial charge on any atom is -0.461 e. The van der Waals surface area contributed by atoms with Crippen molar-refractivity contribution in [2.24, 2.45) is 0 Å². The molecule has 12 heteroatoms. The van der Waals surface area contributed by atoms with Crippen LogP contribution in [-0.2, 0) is 20.9 Å². The highest BCUT2D eigenvalue weighted by Crippen LogP contribution is 2.24. The number of esters is 1. The molecule has 3 heterocycles. The Bertz CT molecular complexity index is 969. The largest absolute Gasteiger partial charge is 0.461 e. The van der Waals surface area contributed by atoms with Crippen LogP contribution in [0.5, 0.6) is 0 Å². The molecule has 2 N–H and O–H groups in total. The van der Waals surface area contributed by atoms with Gasteiger partial charge in [-0.25, -0.2) is 0 Å². The number of thioether (sulfide) groups is 1. The predicted molar refractivity (Wildman–Crippen MR) is 105 cm³/mol. The summed E-state index contributed by atoms with van der Waals surface area (Å²) in [5.74, 6) is -0.596. The number of rotatable bonds is 8. The Morgan fingerprint density at radius 1 is 1.24 bits per heavy atom. The number of thiophene rings is 1. The van der Waals surface area contributed by atoms with Crippen LogP contribution in [-0.4, -0.2) is 44.9 Å². The number of aromatic nitrogens is 3. The first-order valence-electron chi connectivity index (χ1n) is 8.46. The van der Waals surface area contributed by atoms with Gasteiger partial charge in [0.15, 0.2) is 23.3 Å². The molecule has 0 aromatic carbocycles. The van der Waals surface area contributed by atoms with E-state index in [2.05, 4.69) is 21.0 Å². The second-order valence-electron chi connectivity index (χ2n) is 5.46. The van der Waals surface area contributed by atoms with Gasteiger partial charge in [0.2, 0.25) is 0 Å². The maximum Gasteiger partial charge on any atom is 0.316 e. The van der Waals surface area contributed by atoms with Gasteiger partial charge in [0.25, 0.3) is 11.8 Å². The van der Waals surface area contributed by atoms with E-state index < -0.39 is 24.4 Å². The molecule has 10 nitrogen and oxygen atoms in total. The molecule has 152 valence electrons. The molecule has 0 spiro atoms. The van der Waals surface area contributed by atoms with Crippen LogP contribution in [0, 0.1) is 0 Å². The van der Waals surface area contributed by atoms with E-state index in [1.807, 2.05) is 11.5 Å². The zero-order chi connectivity index (χ0) is 20.6. The van der Waals surface area contributed by atoms with Crippen LogP contribution in [0.25, 0.3) is 11.6 Å². The third-order valence-electron chi connectivity index (χ3n) is 3.52. The Hall–Kier alpha value is -3.12. The third-order valence-corrected chi connectivity index (χ3v) is 5.33. The number of hydrogen-bond donors (Lipinski definition) is 2. The van der Waals surface area contributed by atoms with E-state index in [4.69, 9.17) is 9.15 Å². The fourth-order valence-electron chi connectivity index (χ4n) is 2.21. The van der Waals surface area contributed by atoms with Crippen molar-refractivity contribution in [3.8, 4) is 11.6 Å². The maximum absolute atomic E-state index is 11.9. The summed E-state index contributed by atoms with van der Waals surface area (Å²) in [5.41, 5.74) is 4.43. The van der Waals surface area contributed by atoms with E-state index in [1.54, 1.807) is 35.9 Å². The van der Waals surface area contributed by atoms with Gasteiger partial charge in [-0.1, -0.05) is 17.8 Å². The molecule has 0 atom stereocenters. The molecular weight excluding hydrogens is 418 g/mol. The third kappa shape index (κ3) is 5.45. The maximum atomic E-state index is 11.9. The Morgan fingerprint density at radius 2 is 2.10 bits per heavy atom. The monoisotopic (exact) mass is 435 g/mol. The summed E-state index contributed by atoms with van der Waals surface area (Å²) < 4.78 is 12.0. The minimum atomic E-state index is -0.648. The smallest absolute Gasteiger partial charge is 0.316 e. The molecule has 3 aromatic heterocycles. The first-order chi connectivity index (χ1) is 14.1. The van der Waals surface area contributed by atoms with Gasteiger partial charge in [0.1, 0.15) is 0 Å². The molecule has 0 saturated carbocycles. The Morgan fingerprint density at radius 3 is 2.79 bits per heavy atom. The van der Waals surface area contributed by atoms with Gasteiger partial charge >= 0.3 is 5.97 Å². The van der Waals surface area contributed by atoms with Crippen LogP contribution in [0.15, 0.2) is 45.5 Å². The van der Waals surface area contributed by atoms with Crippen molar-refractivity contribution in [1.82, 2.24) is 25.6 Å². The van der Waals surface area contributed by atoms with Crippen LogP contribution >= 0.6 is 23.1 Å². The molecule has 0 bridgehead atoms. The number of furan rings is 1. The van der Waals surface area contributed by atoms with Crippen molar-refractivity contribution in [1.29, 1.82) is 0 Å². The number of carbonyl (C=O) groups is 3. The summed E-state index contributed by atoms with van der Waals surface area (Å²) in [6.45, 7) is 2.00. The van der Waals surface area contributed by atoms with Crippen molar-refractivity contribution in [2.75, 3.05) is 12.4 Å². The predicted octanol–water partition coefficient (Wildman–Crippen LogP) is 1.72.